The molecule has 0 spiro atoms. The summed E-state index contributed by atoms with van der Waals surface area (Å²) in [6, 6.07) is 6.20. The van der Waals surface area contributed by atoms with Crippen LogP contribution in [0.5, 0.6) is 0 Å². The molecule has 1 aliphatic heterocycles. The van der Waals surface area contributed by atoms with Gasteiger partial charge in [0, 0.05) is 50.3 Å². The number of pyridine rings is 2. The van der Waals surface area contributed by atoms with Crippen LogP contribution >= 0.6 is 0 Å². The van der Waals surface area contributed by atoms with E-state index >= 15 is 0 Å². The Bertz CT molecular complexity index is 1510. The molecule has 6 rings (SSSR count). The van der Waals surface area contributed by atoms with E-state index in [0.29, 0.717) is 29.5 Å². The van der Waals surface area contributed by atoms with Gasteiger partial charge in [0.25, 0.3) is 5.56 Å². The zero-order chi connectivity index (χ0) is 23.9. The van der Waals surface area contributed by atoms with Gasteiger partial charge in [0.05, 0.1) is 29.5 Å². The lowest BCUT2D eigenvalue weighted by atomic mass is 10.0. The number of aryl methyl sites for hydroxylation is 1. The van der Waals surface area contributed by atoms with Gasteiger partial charge < -0.3 is 14.8 Å². The Labute approximate surface area is 201 Å². The second kappa shape index (κ2) is 8.51. The van der Waals surface area contributed by atoms with Crippen molar-refractivity contribution in [2.75, 3.05) is 23.3 Å². The summed E-state index contributed by atoms with van der Waals surface area (Å²) in [4.78, 5) is 29.0. The van der Waals surface area contributed by atoms with Crippen molar-refractivity contribution >= 4 is 28.1 Å². The number of fused-ring (bicyclic) bond motifs is 1. The molecule has 0 amide bonds. The molecule has 176 valence electrons. The third-order valence-corrected chi connectivity index (χ3v) is 6.78. The van der Waals surface area contributed by atoms with Crippen molar-refractivity contribution in [3.05, 3.63) is 64.9 Å². The van der Waals surface area contributed by atoms with E-state index in [2.05, 4.69) is 37.4 Å². The van der Waals surface area contributed by atoms with Gasteiger partial charge in [-0.15, -0.1) is 0 Å². The molecule has 1 aliphatic carbocycles. The molecule has 0 aromatic carbocycles. The van der Waals surface area contributed by atoms with Crippen molar-refractivity contribution in [2.24, 2.45) is 7.05 Å². The molecule has 0 bridgehead atoms. The van der Waals surface area contributed by atoms with Crippen LogP contribution in [0.25, 0.3) is 10.8 Å². The zero-order valence-corrected chi connectivity index (χ0v) is 19.4. The Morgan fingerprint density at radius 1 is 1.17 bits per heavy atom. The SMILES string of the molecule is Cn1cc(Nc2nc(N3CCC[C@@H](n4ccc5cc(C6CC6)ncc5c4=O)C3)cnc2C#N)cn1. The highest BCUT2D eigenvalue weighted by molar-refractivity contribution is 5.81. The second-order valence-electron chi connectivity index (χ2n) is 9.31. The van der Waals surface area contributed by atoms with Crippen LogP contribution < -0.4 is 15.8 Å². The first kappa shape index (κ1) is 21.3. The number of nitrogens with one attached hydrogen (secondary N) is 1. The van der Waals surface area contributed by atoms with E-state index in [0.717, 1.165) is 36.2 Å². The minimum absolute atomic E-state index is 0.00552. The molecule has 1 N–H and O–H groups in total. The van der Waals surface area contributed by atoms with Crippen molar-refractivity contribution < 1.29 is 0 Å². The van der Waals surface area contributed by atoms with Gasteiger partial charge in [-0.1, -0.05) is 0 Å². The third-order valence-electron chi connectivity index (χ3n) is 6.78. The summed E-state index contributed by atoms with van der Waals surface area (Å²) in [5.74, 6) is 1.62. The molecule has 2 aliphatic rings. The molecule has 5 heterocycles. The maximum Gasteiger partial charge on any atom is 0.260 e. The van der Waals surface area contributed by atoms with Crippen molar-refractivity contribution in [3.63, 3.8) is 0 Å². The van der Waals surface area contributed by atoms with E-state index in [4.69, 9.17) is 4.98 Å². The normalized spacial score (nSPS) is 17.9. The highest BCUT2D eigenvalue weighted by Gasteiger charge is 2.27. The average Bonchev–Trinajstić information content (AvgIpc) is 3.66. The Kier molecular flexibility index (Phi) is 5.17. The van der Waals surface area contributed by atoms with Gasteiger partial charge in [0.2, 0.25) is 0 Å². The summed E-state index contributed by atoms with van der Waals surface area (Å²) in [6.45, 7) is 1.43. The van der Waals surface area contributed by atoms with Gasteiger partial charge in [-0.2, -0.15) is 10.4 Å². The van der Waals surface area contributed by atoms with Gasteiger partial charge in [-0.25, -0.2) is 9.97 Å². The number of hydrogen-bond acceptors (Lipinski definition) is 8. The van der Waals surface area contributed by atoms with E-state index in [1.165, 1.54) is 12.8 Å². The molecule has 4 aromatic rings. The van der Waals surface area contributed by atoms with Gasteiger partial charge >= 0.3 is 0 Å². The topological polar surface area (TPSA) is 118 Å². The van der Waals surface area contributed by atoms with Crippen LogP contribution in [0.2, 0.25) is 0 Å². The number of rotatable bonds is 5. The number of anilines is 3. The average molecular weight is 468 g/mol. The van der Waals surface area contributed by atoms with Crippen LogP contribution in [-0.4, -0.2) is 42.4 Å². The molecule has 2 fully saturated rings. The highest BCUT2D eigenvalue weighted by atomic mass is 16.1. The van der Waals surface area contributed by atoms with Gasteiger partial charge in [-0.3, -0.25) is 14.5 Å². The minimum atomic E-state index is -0.00552. The van der Waals surface area contributed by atoms with Crippen LogP contribution in [-0.2, 0) is 7.05 Å². The summed E-state index contributed by atoms with van der Waals surface area (Å²) >= 11 is 0. The molecule has 4 aromatic heterocycles. The highest BCUT2D eigenvalue weighted by Crippen LogP contribution is 2.39. The van der Waals surface area contributed by atoms with E-state index in [9.17, 15) is 10.1 Å². The van der Waals surface area contributed by atoms with Gasteiger partial charge in [0.1, 0.15) is 11.9 Å². The smallest absolute Gasteiger partial charge is 0.260 e. The molecule has 10 heteroatoms. The van der Waals surface area contributed by atoms with Crippen LogP contribution in [0.15, 0.2) is 47.9 Å². The molecule has 0 unspecified atom stereocenters. The molecule has 0 radical (unpaired) electrons. The van der Waals surface area contributed by atoms with Crippen molar-refractivity contribution in [1.82, 2.24) is 29.3 Å². The van der Waals surface area contributed by atoms with E-state index in [1.54, 1.807) is 29.5 Å². The standard InChI is InChI=1S/C25H25N9O/c1-32-14-18(11-29-32)30-24-22(10-26)28-13-23(31-24)33-7-2-3-19(15-33)34-8-6-17-9-21(16-4-5-16)27-12-20(17)25(34)35/h6,8-9,11-14,16,19H,2-5,7,15H2,1H3,(H,30,31)/t19-/m1/s1. The molecule has 1 atom stereocenters. The lowest BCUT2D eigenvalue weighted by Gasteiger charge is -2.34. The molecule has 10 nitrogen and oxygen atoms in total. The van der Waals surface area contributed by atoms with Crippen molar-refractivity contribution in [2.45, 2.75) is 37.6 Å². The second-order valence-corrected chi connectivity index (χ2v) is 9.31. The van der Waals surface area contributed by atoms with Crippen molar-refractivity contribution in [1.29, 1.82) is 5.26 Å². The molecular weight excluding hydrogens is 442 g/mol. The first-order valence-corrected chi connectivity index (χ1v) is 11.9. The monoisotopic (exact) mass is 467 g/mol. The summed E-state index contributed by atoms with van der Waals surface area (Å²) in [5, 5.41) is 18.4. The predicted molar refractivity (Wildman–Crippen MR) is 132 cm³/mol. The van der Waals surface area contributed by atoms with Crippen LogP contribution in [0.1, 0.15) is 49.0 Å². The van der Waals surface area contributed by atoms with E-state index in [1.807, 2.05) is 23.9 Å². The van der Waals surface area contributed by atoms with Gasteiger partial charge in [0.15, 0.2) is 11.5 Å². The largest absolute Gasteiger partial charge is 0.353 e. The Morgan fingerprint density at radius 3 is 2.83 bits per heavy atom. The number of nitriles is 1. The van der Waals surface area contributed by atoms with Crippen LogP contribution in [0.3, 0.4) is 0 Å². The lowest BCUT2D eigenvalue weighted by Crippen LogP contribution is -2.40. The zero-order valence-electron chi connectivity index (χ0n) is 19.4. The molecule has 35 heavy (non-hydrogen) atoms. The Balaban J connectivity index is 1.27. The fourth-order valence-corrected chi connectivity index (χ4v) is 4.78. The Hall–Kier alpha value is -4.26. The summed E-state index contributed by atoms with van der Waals surface area (Å²) in [7, 11) is 1.82. The molecule has 1 saturated heterocycles. The predicted octanol–water partition coefficient (Wildman–Crippen LogP) is 3.25. The number of hydrogen-bond donors (Lipinski definition) is 1. The first-order valence-electron chi connectivity index (χ1n) is 11.9. The number of nitrogens with zero attached hydrogens (tertiary/aromatic N) is 8. The maximum atomic E-state index is 13.3. The summed E-state index contributed by atoms with van der Waals surface area (Å²) in [5.41, 5.74) is 2.03. The van der Waals surface area contributed by atoms with Crippen LogP contribution in [0.4, 0.5) is 17.3 Å². The number of piperidine rings is 1. The van der Waals surface area contributed by atoms with Crippen molar-refractivity contribution in [3.8, 4) is 6.07 Å². The maximum absolute atomic E-state index is 13.3. The Morgan fingerprint density at radius 2 is 2.06 bits per heavy atom. The molecular formula is C25H25N9O. The quantitative estimate of drug-likeness (QED) is 0.475. The molecule has 1 saturated carbocycles. The van der Waals surface area contributed by atoms with E-state index in [-0.39, 0.29) is 17.3 Å². The number of aromatic nitrogens is 6. The van der Waals surface area contributed by atoms with Gasteiger partial charge in [-0.05, 0) is 43.2 Å². The third kappa shape index (κ3) is 4.10. The minimum Gasteiger partial charge on any atom is -0.353 e. The van der Waals surface area contributed by atoms with E-state index < -0.39 is 0 Å². The summed E-state index contributed by atoms with van der Waals surface area (Å²) in [6.07, 6.45) is 12.9. The fraction of sp³-hybridized carbons (Fsp3) is 0.360. The summed E-state index contributed by atoms with van der Waals surface area (Å²) < 4.78 is 3.50. The lowest BCUT2D eigenvalue weighted by molar-refractivity contribution is 0.396. The fourth-order valence-electron chi connectivity index (χ4n) is 4.78. The first-order chi connectivity index (χ1) is 17.1. The van der Waals surface area contributed by atoms with Crippen LogP contribution in [0, 0.1) is 11.3 Å².